The van der Waals surface area contributed by atoms with Gasteiger partial charge in [-0.2, -0.15) is 0 Å². The summed E-state index contributed by atoms with van der Waals surface area (Å²) >= 11 is 0. The molecule has 1 heterocycles. The van der Waals surface area contributed by atoms with E-state index in [1.54, 1.807) is 20.0 Å². The van der Waals surface area contributed by atoms with Crippen molar-refractivity contribution in [3.05, 3.63) is 29.1 Å². The summed E-state index contributed by atoms with van der Waals surface area (Å²) in [5, 5.41) is 0. The van der Waals surface area contributed by atoms with Crippen LogP contribution in [0.3, 0.4) is 0 Å². The third-order valence-corrected chi connectivity index (χ3v) is 1.74. The fraction of sp³-hybridized carbons (Fsp3) is 0.375. The zero-order chi connectivity index (χ0) is 8.43. The van der Waals surface area contributed by atoms with Crippen LogP contribution in [0.5, 0.6) is 0 Å². The smallest absolute Gasteiger partial charge is 0.264 e. The lowest BCUT2D eigenvalue weighted by atomic mass is 10.1. The van der Waals surface area contributed by atoms with Crippen LogP contribution in [-0.4, -0.2) is 4.98 Å². The number of rotatable bonds is 1. The maximum Gasteiger partial charge on any atom is 0.265 e. The second-order valence-corrected chi connectivity index (χ2v) is 2.47. The summed E-state index contributed by atoms with van der Waals surface area (Å²) in [7, 11) is 0. The first-order valence-electron chi connectivity index (χ1n) is 3.32. The maximum atomic E-state index is 12.2. The van der Waals surface area contributed by atoms with E-state index in [0.29, 0.717) is 5.56 Å². The van der Waals surface area contributed by atoms with Crippen LogP contribution < -0.4 is 0 Å². The molecular formula is C8H9F2N. The standard InChI is InChI=1S/C8H9F2N/c1-5-3-11-4-7(6(5)2)8(9)10/h3-4,8H,1-2H3. The Morgan fingerprint density at radius 2 is 1.91 bits per heavy atom. The Balaban J connectivity index is 3.17. The predicted molar refractivity (Wildman–Crippen MR) is 38.7 cm³/mol. The van der Waals surface area contributed by atoms with Crippen LogP contribution in [0.1, 0.15) is 23.1 Å². The van der Waals surface area contributed by atoms with E-state index in [1.165, 1.54) is 6.20 Å². The molecule has 0 saturated heterocycles. The van der Waals surface area contributed by atoms with Gasteiger partial charge in [0.05, 0.1) is 0 Å². The van der Waals surface area contributed by atoms with E-state index in [9.17, 15) is 8.78 Å². The highest BCUT2D eigenvalue weighted by Gasteiger charge is 2.10. The van der Waals surface area contributed by atoms with Crippen LogP contribution in [0.25, 0.3) is 0 Å². The van der Waals surface area contributed by atoms with E-state index < -0.39 is 6.43 Å². The summed E-state index contributed by atoms with van der Waals surface area (Å²) in [6.07, 6.45) is 0.385. The number of halogens is 2. The van der Waals surface area contributed by atoms with Crippen molar-refractivity contribution in [2.75, 3.05) is 0 Å². The van der Waals surface area contributed by atoms with Crippen LogP contribution in [0.4, 0.5) is 8.78 Å². The van der Waals surface area contributed by atoms with Gasteiger partial charge in [0.1, 0.15) is 0 Å². The van der Waals surface area contributed by atoms with Crippen molar-refractivity contribution in [3.63, 3.8) is 0 Å². The quantitative estimate of drug-likeness (QED) is 0.610. The fourth-order valence-corrected chi connectivity index (χ4v) is 0.871. The van der Waals surface area contributed by atoms with Crippen molar-refractivity contribution in [2.24, 2.45) is 0 Å². The number of pyridine rings is 1. The highest BCUT2D eigenvalue weighted by atomic mass is 19.3. The van der Waals surface area contributed by atoms with Gasteiger partial charge in [-0.3, -0.25) is 4.98 Å². The Kier molecular flexibility index (Phi) is 2.17. The second-order valence-electron chi connectivity index (χ2n) is 2.47. The van der Waals surface area contributed by atoms with Crippen molar-refractivity contribution in [2.45, 2.75) is 20.3 Å². The van der Waals surface area contributed by atoms with Crippen molar-refractivity contribution < 1.29 is 8.78 Å². The third kappa shape index (κ3) is 1.53. The summed E-state index contributed by atoms with van der Waals surface area (Å²) in [4.78, 5) is 3.69. The second kappa shape index (κ2) is 2.95. The average molecular weight is 157 g/mol. The van der Waals surface area contributed by atoms with Crippen LogP contribution in [0.15, 0.2) is 12.4 Å². The summed E-state index contributed by atoms with van der Waals surface area (Å²) in [5.74, 6) is 0. The van der Waals surface area contributed by atoms with Gasteiger partial charge >= 0.3 is 0 Å². The molecule has 0 aliphatic rings. The van der Waals surface area contributed by atoms with E-state index in [0.717, 1.165) is 5.56 Å². The monoisotopic (exact) mass is 157 g/mol. The molecule has 0 spiro atoms. The molecule has 0 N–H and O–H groups in total. The molecule has 1 aromatic heterocycles. The SMILES string of the molecule is Cc1cncc(C(F)F)c1C. The molecule has 0 fully saturated rings. The van der Waals surface area contributed by atoms with Gasteiger partial charge in [-0.25, -0.2) is 8.78 Å². The molecule has 0 amide bonds. The zero-order valence-corrected chi connectivity index (χ0v) is 6.44. The first kappa shape index (κ1) is 8.11. The lowest BCUT2D eigenvalue weighted by molar-refractivity contribution is 0.150. The normalized spacial score (nSPS) is 10.6. The number of nitrogens with zero attached hydrogens (tertiary/aromatic N) is 1. The zero-order valence-electron chi connectivity index (χ0n) is 6.44. The fourth-order valence-electron chi connectivity index (χ4n) is 0.871. The lowest BCUT2D eigenvalue weighted by Gasteiger charge is -2.05. The van der Waals surface area contributed by atoms with Gasteiger partial charge in [0.2, 0.25) is 0 Å². The van der Waals surface area contributed by atoms with Crippen LogP contribution >= 0.6 is 0 Å². The van der Waals surface area contributed by atoms with Crippen molar-refractivity contribution in [1.82, 2.24) is 4.98 Å². The Hall–Kier alpha value is -0.990. The first-order valence-corrected chi connectivity index (χ1v) is 3.32. The molecule has 1 nitrogen and oxygen atoms in total. The summed E-state index contributed by atoms with van der Waals surface area (Å²) in [5.41, 5.74) is 1.47. The molecule has 0 aliphatic heterocycles. The molecule has 11 heavy (non-hydrogen) atoms. The Labute approximate surface area is 64.1 Å². The van der Waals surface area contributed by atoms with Gasteiger partial charge in [0.15, 0.2) is 0 Å². The minimum absolute atomic E-state index is 0.0324. The molecule has 0 bridgehead atoms. The predicted octanol–water partition coefficient (Wildman–Crippen LogP) is 2.64. The highest BCUT2D eigenvalue weighted by Crippen LogP contribution is 2.22. The highest BCUT2D eigenvalue weighted by molar-refractivity contribution is 5.29. The molecule has 0 atom stereocenters. The number of aryl methyl sites for hydroxylation is 1. The summed E-state index contributed by atoms with van der Waals surface area (Å²) < 4.78 is 24.3. The maximum absolute atomic E-state index is 12.2. The van der Waals surface area contributed by atoms with E-state index in [-0.39, 0.29) is 5.56 Å². The average Bonchev–Trinajstić information content (AvgIpc) is 1.94. The lowest BCUT2D eigenvalue weighted by Crippen LogP contribution is -1.93. The number of hydrogen-bond acceptors (Lipinski definition) is 1. The van der Waals surface area contributed by atoms with Gasteiger partial charge in [-0.1, -0.05) is 0 Å². The summed E-state index contributed by atoms with van der Waals surface area (Å²) in [6.45, 7) is 3.45. The van der Waals surface area contributed by atoms with Gasteiger partial charge in [0, 0.05) is 18.0 Å². The van der Waals surface area contributed by atoms with Crippen molar-refractivity contribution >= 4 is 0 Å². The van der Waals surface area contributed by atoms with E-state index in [2.05, 4.69) is 4.98 Å². The molecule has 60 valence electrons. The molecule has 0 unspecified atom stereocenters. The molecule has 0 aromatic carbocycles. The minimum Gasteiger partial charge on any atom is -0.264 e. The molecule has 3 heteroatoms. The van der Waals surface area contributed by atoms with Crippen LogP contribution in [-0.2, 0) is 0 Å². The minimum atomic E-state index is -2.41. The largest absolute Gasteiger partial charge is 0.265 e. The molecule has 0 radical (unpaired) electrons. The Morgan fingerprint density at radius 1 is 1.27 bits per heavy atom. The Morgan fingerprint density at radius 3 is 2.36 bits per heavy atom. The van der Waals surface area contributed by atoms with Gasteiger partial charge < -0.3 is 0 Å². The van der Waals surface area contributed by atoms with E-state index >= 15 is 0 Å². The molecule has 0 saturated carbocycles. The third-order valence-electron chi connectivity index (χ3n) is 1.74. The topological polar surface area (TPSA) is 12.9 Å². The molecular weight excluding hydrogens is 148 g/mol. The Bertz CT molecular complexity index is 258. The summed E-state index contributed by atoms with van der Waals surface area (Å²) in [6, 6.07) is 0. The molecule has 1 aromatic rings. The number of hydrogen-bond donors (Lipinski definition) is 0. The molecule has 1 rings (SSSR count). The van der Waals surface area contributed by atoms with Gasteiger partial charge in [-0.05, 0) is 25.0 Å². The first-order chi connectivity index (χ1) is 5.13. The number of alkyl halides is 2. The van der Waals surface area contributed by atoms with Gasteiger partial charge in [0.25, 0.3) is 6.43 Å². The molecule has 0 aliphatic carbocycles. The van der Waals surface area contributed by atoms with Crippen LogP contribution in [0.2, 0.25) is 0 Å². The van der Waals surface area contributed by atoms with E-state index in [1.807, 2.05) is 0 Å². The van der Waals surface area contributed by atoms with Crippen LogP contribution in [0, 0.1) is 13.8 Å². The van der Waals surface area contributed by atoms with Crippen molar-refractivity contribution in [1.29, 1.82) is 0 Å². The van der Waals surface area contributed by atoms with E-state index in [4.69, 9.17) is 0 Å². The number of aromatic nitrogens is 1. The van der Waals surface area contributed by atoms with Crippen molar-refractivity contribution in [3.8, 4) is 0 Å². The van der Waals surface area contributed by atoms with Gasteiger partial charge in [-0.15, -0.1) is 0 Å².